The highest BCUT2D eigenvalue weighted by molar-refractivity contribution is 6.36. The number of H-pyrrole nitrogens is 1. The largest absolute Gasteiger partial charge is 0.497 e. The van der Waals surface area contributed by atoms with Crippen molar-refractivity contribution in [1.82, 2.24) is 9.88 Å². The van der Waals surface area contributed by atoms with Crippen LogP contribution in [0.1, 0.15) is 11.1 Å². The topological polar surface area (TPSA) is 57.4 Å². The van der Waals surface area contributed by atoms with Crippen LogP contribution in [0.4, 0.5) is 10.5 Å². The van der Waals surface area contributed by atoms with Gasteiger partial charge in [-0.05, 0) is 66.1 Å². The number of methoxy groups -OCH3 is 1. The van der Waals surface area contributed by atoms with Crippen LogP contribution in [0, 0.1) is 0 Å². The second-order valence-corrected chi connectivity index (χ2v) is 8.86. The number of amides is 2. The van der Waals surface area contributed by atoms with Gasteiger partial charge in [0.25, 0.3) is 0 Å². The molecule has 0 spiro atoms. The van der Waals surface area contributed by atoms with E-state index in [2.05, 4.69) is 10.3 Å². The fraction of sp³-hybridized carbons (Fsp3) is 0.160. The number of benzene rings is 3. The zero-order chi connectivity index (χ0) is 23.4. The monoisotopic (exact) mass is 501 g/mol. The van der Waals surface area contributed by atoms with E-state index in [9.17, 15) is 4.79 Å². The van der Waals surface area contributed by atoms with Crippen molar-refractivity contribution in [2.45, 2.75) is 13.0 Å². The summed E-state index contributed by atoms with van der Waals surface area (Å²) < 4.78 is 5.36. The fourth-order valence-corrected chi connectivity index (χ4v) is 4.18. The molecule has 3 aromatic carbocycles. The second kappa shape index (κ2) is 10.4. The number of nitrogens with one attached hydrogen (secondary N) is 2. The van der Waals surface area contributed by atoms with Gasteiger partial charge in [0.1, 0.15) is 5.75 Å². The summed E-state index contributed by atoms with van der Waals surface area (Å²) in [6.45, 7) is 0.906. The van der Waals surface area contributed by atoms with E-state index in [4.69, 9.17) is 39.5 Å². The summed E-state index contributed by atoms with van der Waals surface area (Å²) in [5.74, 6) is 0.788. The number of hydrogen-bond donors (Lipinski definition) is 2. The van der Waals surface area contributed by atoms with E-state index < -0.39 is 0 Å². The molecule has 4 rings (SSSR count). The molecule has 2 amide bonds. The van der Waals surface area contributed by atoms with Gasteiger partial charge in [0.05, 0.1) is 17.8 Å². The zero-order valence-corrected chi connectivity index (χ0v) is 20.1. The number of hydrogen-bond acceptors (Lipinski definition) is 2. The molecule has 0 saturated carbocycles. The number of carbonyl (C=O) groups excluding carboxylic acids is 1. The Labute approximate surface area is 207 Å². The van der Waals surface area contributed by atoms with Gasteiger partial charge in [-0.1, -0.05) is 46.9 Å². The Morgan fingerprint density at radius 3 is 2.48 bits per heavy atom. The number of anilines is 1. The summed E-state index contributed by atoms with van der Waals surface area (Å²) in [4.78, 5) is 18.2. The Hall–Kier alpha value is -2.86. The molecule has 5 nitrogen and oxygen atoms in total. The molecule has 0 aliphatic carbocycles. The molecule has 1 aromatic heterocycles. The normalized spacial score (nSPS) is 10.9. The predicted molar refractivity (Wildman–Crippen MR) is 136 cm³/mol. The van der Waals surface area contributed by atoms with E-state index in [0.29, 0.717) is 40.3 Å². The average Bonchev–Trinajstić information content (AvgIpc) is 3.21. The molecule has 1 heterocycles. The summed E-state index contributed by atoms with van der Waals surface area (Å²) in [6.07, 6.45) is 2.63. The van der Waals surface area contributed by atoms with Crippen LogP contribution in [0.2, 0.25) is 15.1 Å². The van der Waals surface area contributed by atoms with Crippen LogP contribution in [-0.2, 0) is 13.0 Å². The number of rotatable bonds is 7. The van der Waals surface area contributed by atoms with Crippen LogP contribution < -0.4 is 10.1 Å². The van der Waals surface area contributed by atoms with Crippen molar-refractivity contribution in [2.24, 2.45) is 0 Å². The van der Waals surface area contributed by atoms with Gasteiger partial charge in [0, 0.05) is 40.2 Å². The highest BCUT2D eigenvalue weighted by atomic mass is 35.5. The number of fused-ring (bicyclic) bond motifs is 1. The number of nitrogens with zero attached hydrogens (tertiary/aromatic N) is 1. The lowest BCUT2D eigenvalue weighted by molar-refractivity contribution is 0.210. The smallest absolute Gasteiger partial charge is 0.322 e. The molecule has 4 aromatic rings. The third-order valence-corrected chi connectivity index (χ3v) is 6.17. The molecule has 0 aliphatic heterocycles. The SMILES string of the molecule is COc1ccc2[nH]cc(CCN(Cc3ccc(Cl)cc3)C(=O)Nc3ccc(Cl)cc3Cl)c2c1. The lowest BCUT2D eigenvalue weighted by Gasteiger charge is -2.24. The van der Waals surface area contributed by atoms with Crippen LogP contribution in [0.3, 0.4) is 0 Å². The molecule has 0 saturated heterocycles. The number of urea groups is 1. The molecule has 0 bridgehead atoms. The zero-order valence-electron chi connectivity index (χ0n) is 17.9. The first kappa shape index (κ1) is 23.3. The predicted octanol–water partition coefficient (Wildman–Crippen LogP) is 7.41. The molecule has 33 heavy (non-hydrogen) atoms. The number of aromatic nitrogens is 1. The Kier molecular flexibility index (Phi) is 7.33. The van der Waals surface area contributed by atoms with E-state index in [1.54, 1.807) is 30.2 Å². The Morgan fingerprint density at radius 2 is 1.76 bits per heavy atom. The van der Waals surface area contributed by atoms with Crippen molar-refractivity contribution < 1.29 is 9.53 Å². The molecular weight excluding hydrogens is 481 g/mol. The summed E-state index contributed by atoms with van der Waals surface area (Å²) in [5.41, 5.74) is 3.59. The van der Waals surface area contributed by atoms with Gasteiger partial charge in [0.15, 0.2) is 0 Å². The molecule has 0 unspecified atom stereocenters. The van der Waals surface area contributed by atoms with Gasteiger partial charge in [0.2, 0.25) is 0 Å². The van der Waals surface area contributed by atoms with Crippen LogP contribution >= 0.6 is 34.8 Å². The maximum atomic E-state index is 13.2. The van der Waals surface area contributed by atoms with E-state index in [0.717, 1.165) is 27.8 Å². The van der Waals surface area contributed by atoms with E-state index >= 15 is 0 Å². The van der Waals surface area contributed by atoms with Crippen LogP contribution in [0.15, 0.2) is 66.9 Å². The quantitative estimate of drug-likeness (QED) is 0.276. The molecule has 170 valence electrons. The molecule has 0 atom stereocenters. The average molecular weight is 503 g/mol. The van der Waals surface area contributed by atoms with Gasteiger partial charge in [-0.25, -0.2) is 4.79 Å². The van der Waals surface area contributed by atoms with Crippen molar-refractivity contribution >= 4 is 57.4 Å². The molecular formula is C25H22Cl3N3O2. The van der Waals surface area contributed by atoms with Crippen molar-refractivity contribution in [3.63, 3.8) is 0 Å². The van der Waals surface area contributed by atoms with Gasteiger partial charge >= 0.3 is 6.03 Å². The number of carbonyl (C=O) groups is 1. The summed E-state index contributed by atoms with van der Waals surface area (Å²) in [6, 6.07) is 18.1. The van der Waals surface area contributed by atoms with Gasteiger partial charge in [-0.3, -0.25) is 0 Å². The third-order valence-electron chi connectivity index (χ3n) is 5.37. The first-order valence-electron chi connectivity index (χ1n) is 10.3. The summed E-state index contributed by atoms with van der Waals surface area (Å²) >= 11 is 18.3. The lowest BCUT2D eigenvalue weighted by Crippen LogP contribution is -2.36. The molecule has 0 fully saturated rings. The standard InChI is InChI=1S/C25H22Cl3N3O2/c1-33-20-7-9-23-21(13-20)17(14-29-23)10-11-31(15-16-2-4-18(26)5-3-16)25(32)30-24-8-6-19(27)12-22(24)28/h2-9,12-14,29H,10-11,15H2,1H3,(H,30,32). The number of halogens is 3. The highest BCUT2D eigenvalue weighted by Crippen LogP contribution is 2.27. The molecule has 8 heteroatoms. The van der Waals surface area contributed by atoms with Crippen LogP contribution in [0.5, 0.6) is 5.75 Å². The second-order valence-electron chi connectivity index (χ2n) is 7.58. The minimum atomic E-state index is -0.258. The Morgan fingerprint density at radius 1 is 1.00 bits per heavy atom. The van der Waals surface area contributed by atoms with Gasteiger partial charge in [-0.2, -0.15) is 0 Å². The Balaban J connectivity index is 1.55. The van der Waals surface area contributed by atoms with Crippen LogP contribution in [0.25, 0.3) is 10.9 Å². The molecule has 0 aliphatic rings. The number of aromatic amines is 1. The van der Waals surface area contributed by atoms with Crippen molar-refractivity contribution in [1.29, 1.82) is 0 Å². The van der Waals surface area contributed by atoms with Crippen molar-refractivity contribution in [2.75, 3.05) is 19.0 Å². The first-order valence-corrected chi connectivity index (χ1v) is 11.5. The highest BCUT2D eigenvalue weighted by Gasteiger charge is 2.17. The third kappa shape index (κ3) is 5.74. The summed E-state index contributed by atoms with van der Waals surface area (Å²) in [5, 5.41) is 5.50. The van der Waals surface area contributed by atoms with Crippen LogP contribution in [-0.4, -0.2) is 29.6 Å². The van der Waals surface area contributed by atoms with Gasteiger partial charge < -0.3 is 19.9 Å². The minimum absolute atomic E-state index is 0.258. The maximum Gasteiger partial charge on any atom is 0.322 e. The van der Waals surface area contributed by atoms with Gasteiger partial charge in [-0.15, -0.1) is 0 Å². The maximum absolute atomic E-state index is 13.2. The molecule has 2 N–H and O–H groups in total. The van der Waals surface area contributed by atoms with Crippen molar-refractivity contribution in [3.05, 3.63) is 93.1 Å². The van der Waals surface area contributed by atoms with Crippen molar-refractivity contribution in [3.8, 4) is 5.75 Å². The fourth-order valence-electron chi connectivity index (χ4n) is 3.59. The lowest BCUT2D eigenvalue weighted by atomic mass is 10.1. The van der Waals surface area contributed by atoms with E-state index in [1.165, 1.54) is 0 Å². The van der Waals surface area contributed by atoms with E-state index in [1.807, 2.05) is 48.7 Å². The van der Waals surface area contributed by atoms with E-state index in [-0.39, 0.29) is 6.03 Å². The minimum Gasteiger partial charge on any atom is -0.497 e. The molecule has 0 radical (unpaired) electrons. The number of ether oxygens (including phenoxy) is 1. The first-order chi connectivity index (χ1) is 15.9. The Bertz CT molecular complexity index is 1270. The summed E-state index contributed by atoms with van der Waals surface area (Å²) in [7, 11) is 1.65.